The van der Waals surface area contributed by atoms with Crippen LogP contribution in [0.25, 0.3) is 0 Å². The average Bonchev–Trinajstić information content (AvgIpc) is 2.15. The van der Waals surface area contributed by atoms with Crippen LogP contribution in [0.2, 0.25) is 0 Å². The van der Waals surface area contributed by atoms with Crippen LogP contribution in [0, 0.1) is 0 Å². The molecule has 0 aliphatic heterocycles. The normalized spacial score (nSPS) is 11.3. The summed E-state index contributed by atoms with van der Waals surface area (Å²) >= 11 is 0. The Bertz CT molecular complexity index is 331. The molecular weight excluding hydrogens is 220 g/mol. The van der Waals surface area contributed by atoms with Gasteiger partial charge in [-0.3, -0.25) is 0 Å². The number of pyridine rings is 1. The molecule has 0 saturated carbocycles. The molecule has 1 aromatic heterocycles. The van der Waals surface area contributed by atoms with Gasteiger partial charge in [-0.25, -0.2) is 9.78 Å². The number of hydrogen-bond donors (Lipinski definition) is 2. The van der Waals surface area contributed by atoms with Crippen LogP contribution in [-0.4, -0.2) is 28.7 Å². The molecule has 0 bridgehead atoms. The van der Waals surface area contributed by atoms with Crippen molar-refractivity contribution in [1.29, 1.82) is 0 Å². The van der Waals surface area contributed by atoms with E-state index in [4.69, 9.17) is 15.6 Å². The molecule has 6 heteroatoms. The lowest BCUT2D eigenvalue weighted by Gasteiger charge is -2.07. The van der Waals surface area contributed by atoms with Gasteiger partial charge in [-0.2, -0.15) is 0 Å². The second-order valence-corrected chi connectivity index (χ2v) is 2.95. The Morgan fingerprint density at radius 2 is 2.33 bits per heavy atom. The maximum atomic E-state index is 10.5. The fourth-order valence-corrected chi connectivity index (χ4v) is 0.831. The van der Waals surface area contributed by atoms with E-state index >= 15 is 0 Å². The molecule has 0 aromatic carbocycles. The van der Waals surface area contributed by atoms with Gasteiger partial charge in [0.15, 0.2) is 5.69 Å². The Labute approximate surface area is 93.7 Å². The number of nitrogens with two attached hydrogens (primary N) is 1. The summed E-state index contributed by atoms with van der Waals surface area (Å²) in [5.74, 6) is -0.793. The molecule has 3 N–H and O–H groups in total. The van der Waals surface area contributed by atoms with E-state index in [1.54, 1.807) is 19.1 Å². The Morgan fingerprint density at radius 1 is 1.67 bits per heavy atom. The molecule has 0 aliphatic carbocycles. The van der Waals surface area contributed by atoms with E-state index in [-0.39, 0.29) is 30.0 Å². The van der Waals surface area contributed by atoms with Gasteiger partial charge in [0, 0.05) is 12.1 Å². The van der Waals surface area contributed by atoms with Crippen molar-refractivity contribution in [3.63, 3.8) is 0 Å². The molecule has 0 aliphatic rings. The van der Waals surface area contributed by atoms with E-state index in [1.807, 2.05) is 0 Å². The Morgan fingerprint density at radius 3 is 2.87 bits per heavy atom. The molecule has 5 nitrogen and oxygen atoms in total. The summed E-state index contributed by atoms with van der Waals surface area (Å²) in [6, 6.07) is 4.47. The third-order valence-corrected chi connectivity index (χ3v) is 1.44. The highest BCUT2D eigenvalue weighted by molar-refractivity contribution is 5.85. The van der Waals surface area contributed by atoms with Gasteiger partial charge >= 0.3 is 5.97 Å². The third kappa shape index (κ3) is 4.62. The van der Waals surface area contributed by atoms with Crippen molar-refractivity contribution in [3.8, 4) is 5.88 Å². The zero-order chi connectivity index (χ0) is 10.6. The van der Waals surface area contributed by atoms with Crippen molar-refractivity contribution < 1.29 is 14.6 Å². The van der Waals surface area contributed by atoms with Gasteiger partial charge in [-0.1, -0.05) is 6.07 Å². The van der Waals surface area contributed by atoms with Crippen LogP contribution >= 0.6 is 12.4 Å². The number of aromatic carboxylic acids is 1. The summed E-state index contributed by atoms with van der Waals surface area (Å²) in [4.78, 5) is 14.3. The molecule has 84 valence electrons. The van der Waals surface area contributed by atoms with E-state index in [0.29, 0.717) is 6.61 Å². The van der Waals surface area contributed by atoms with Gasteiger partial charge in [-0.05, 0) is 13.0 Å². The first kappa shape index (κ1) is 13.7. The number of carbonyl (C=O) groups is 1. The number of carboxylic acids is 1. The van der Waals surface area contributed by atoms with Gasteiger partial charge in [0.2, 0.25) is 5.88 Å². The van der Waals surface area contributed by atoms with Gasteiger partial charge in [-0.15, -0.1) is 12.4 Å². The predicted octanol–water partition coefficient (Wildman–Crippen LogP) is 0.928. The summed E-state index contributed by atoms with van der Waals surface area (Å²) in [5, 5.41) is 8.64. The highest BCUT2D eigenvalue weighted by atomic mass is 35.5. The lowest BCUT2D eigenvalue weighted by Crippen LogP contribution is -2.24. The summed E-state index contributed by atoms with van der Waals surface area (Å²) in [6.07, 6.45) is 0. The Hall–Kier alpha value is -1.33. The van der Waals surface area contributed by atoms with Crippen molar-refractivity contribution in [2.24, 2.45) is 5.73 Å². The highest BCUT2D eigenvalue weighted by Crippen LogP contribution is 2.07. The average molecular weight is 233 g/mol. The van der Waals surface area contributed by atoms with E-state index < -0.39 is 5.97 Å². The fourth-order valence-electron chi connectivity index (χ4n) is 0.831. The SMILES string of the molecule is CC(N)COc1cccc(C(=O)O)n1.Cl. The first-order valence-corrected chi connectivity index (χ1v) is 4.18. The number of halogens is 1. The molecule has 0 spiro atoms. The van der Waals surface area contributed by atoms with Crippen LogP contribution in [-0.2, 0) is 0 Å². The van der Waals surface area contributed by atoms with Crippen molar-refractivity contribution >= 4 is 18.4 Å². The van der Waals surface area contributed by atoms with E-state index in [1.165, 1.54) is 6.07 Å². The predicted molar refractivity (Wildman–Crippen MR) is 57.6 cm³/mol. The molecule has 15 heavy (non-hydrogen) atoms. The minimum atomic E-state index is -1.07. The number of nitrogens with zero attached hydrogens (tertiary/aromatic N) is 1. The van der Waals surface area contributed by atoms with Crippen LogP contribution in [0.1, 0.15) is 17.4 Å². The largest absolute Gasteiger partial charge is 0.477 e. The smallest absolute Gasteiger partial charge is 0.354 e. The molecule has 0 amide bonds. The van der Waals surface area contributed by atoms with Gasteiger partial charge < -0.3 is 15.6 Å². The molecule has 0 saturated heterocycles. The second kappa shape index (κ2) is 6.21. The van der Waals surface area contributed by atoms with Crippen LogP contribution in [0.3, 0.4) is 0 Å². The van der Waals surface area contributed by atoms with E-state index in [9.17, 15) is 4.79 Å². The summed E-state index contributed by atoms with van der Waals surface area (Å²) < 4.78 is 5.16. The molecule has 1 atom stereocenters. The number of carboxylic acid groups (broad SMARTS) is 1. The maximum Gasteiger partial charge on any atom is 0.354 e. The van der Waals surface area contributed by atoms with Gasteiger partial charge in [0.25, 0.3) is 0 Å². The minimum Gasteiger partial charge on any atom is -0.477 e. The summed E-state index contributed by atoms with van der Waals surface area (Å²) in [6.45, 7) is 2.11. The van der Waals surface area contributed by atoms with Crippen molar-refractivity contribution in [1.82, 2.24) is 4.98 Å². The first-order chi connectivity index (χ1) is 6.59. The van der Waals surface area contributed by atoms with Crippen molar-refractivity contribution in [2.75, 3.05) is 6.61 Å². The van der Waals surface area contributed by atoms with Crippen LogP contribution in [0.4, 0.5) is 0 Å². The molecule has 1 aromatic rings. The number of aromatic nitrogens is 1. The van der Waals surface area contributed by atoms with Crippen molar-refractivity contribution in [2.45, 2.75) is 13.0 Å². The molecule has 1 heterocycles. The molecule has 1 rings (SSSR count). The fraction of sp³-hybridized carbons (Fsp3) is 0.333. The van der Waals surface area contributed by atoms with Crippen LogP contribution in [0.15, 0.2) is 18.2 Å². The zero-order valence-electron chi connectivity index (χ0n) is 8.21. The molecule has 0 radical (unpaired) electrons. The first-order valence-electron chi connectivity index (χ1n) is 4.18. The standard InChI is InChI=1S/C9H12N2O3.ClH/c1-6(10)5-14-8-4-2-3-7(11-8)9(12)13;/h2-4,6H,5,10H2,1H3,(H,12,13);1H. The number of rotatable bonds is 4. The monoisotopic (exact) mass is 232 g/mol. The second-order valence-electron chi connectivity index (χ2n) is 2.95. The Balaban J connectivity index is 0.00000196. The topological polar surface area (TPSA) is 85.4 Å². The van der Waals surface area contributed by atoms with Gasteiger partial charge in [0.05, 0.1) is 0 Å². The lowest BCUT2D eigenvalue weighted by molar-refractivity contribution is 0.0689. The van der Waals surface area contributed by atoms with E-state index in [2.05, 4.69) is 4.98 Å². The minimum absolute atomic E-state index is 0. The third-order valence-electron chi connectivity index (χ3n) is 1.44. The van der Waals surface area contributed by atoms with Crippen LogP contribution < -0.4 is 10.5 Å². The number of ether oxygens (including phenoxy) is 1. The number of hydrogen-bond acceptors (Lipinski definition) is 4. The maximum absolute atomic E-state index is 10.5. The molecule has 1 unspecified atom stereocenters. The molecule has 0 fully saturated rings. The lowest BCUT2D eigenvalue weighted by atomic mass is 10.3. The summed E-state index contributed by atoms with van der Waals surface area (Å²) in [5.41, 5.74) is 5.43. The van der Waals surface area contributed by atoms with Crippen molar-refractivity contribution in [3.05, 3.63) is 23.9 Å². The van der Waals surface area contributed by atoms with Gasteiger partial charge in [0.1, 0.15) is 6.61 Å². The quantitative estimate of drug-likeness (QED) is 0.807. The zero-order valence-corrected chi connectivity index (χ0v) is 9.03. The van der Waals surface area contributed by atoms with E-state index in [0.717, 1.165) is 0 Å². The summed E-state index contributed by atoms with van der Waals surface area (Å²) in [7, 11) is 0. The highest BCUT2D eigenvalue weighted by Gasteiger charge is 2.05. The van der Waals surface area contributed by atoms with Crippen LogP contribution in [0.5, 0.6) is 5.88 Å². The molecular formula is C9H13ClN2O3. The Kier molecular flexibility index (Phi) is 5.66.